The van der Waals surface area contributed by atoms with E-state index in [0.717, 1.165) is 23.3 Å². The SMILES string of the molecule is C[C@@H]1C[C@@H]2C(C[C@H](O)[C@@]3(F)[C@H]2CCC2=Cc4nn(C)cc4C[C@@]23C)[C@@]1(O)C(=O)CO. The lowest BCUT2D eigenvalue weighted by molar-refractivity contribution is -0.200. The normalized spacial score (nSPS) is 47.0. The summed E-state index contributed by atoms with van der Waals surface area (Å²) in [4.78, 5) is 12.5. The molecule has 6 nitrogen and oxygen atoms in total. The quantitative estimate of drug-likeness (QED) is 0.681. The minimum absolute atomic E-state index is 0.0347. The Morgan fingerprint density at radius 2 is 2.10 bits per heavy atom. The number of nitrogens with zero attached hydrogens (tertiary/aromatic N) is 2. The van der Waals surface area contributed by atoms with Crippen molar-refractivity contribution in [3.05, 3.63) is 23.0 Å². The second-order valence-corrected chi connectivity index (χ2v) is 10.4. The number of aromatic nitrogens is 2. The molecule has 0 radical (unpaired) electrons. The number of carbonyl (C=O) groups is 1. The first-order valence-corrected chi connectivity index (χ1v) is 11.0. The van der Waals surface area contributed by atoms with E-state index in [0.29, 0.717) is 19.3 Å². The van der Waals surface area contributed by atoms with Crippen molar-refractivity contribution in [2.45, 2.75) is 63.3 Å². The van der Waals surface area contributed by atoms with Gasteiger partial charge in [-0.3, -0.25) is 9.48 Å². The van der Waals surface area contributed by atoms with Crippen LogP contribution in [0.2, 0.25) is 0 Å². The van der Waals surface area contributed by atoms with Crippen LogP contribution in [-0.2, 0) is 18.3 Å². The molecule has 164 valence electrons. The molecule has 8 atom stereocenters. The number of hydrogen-bond donors (Lipinski definition) is 3. The zero-order valence-electron chi connectivity index (χ0n) is 17.8. The van der Waals surface area contributed by atoms with Gasteiger partial charge in [-0.25, -0.2) is 4.39 Å². The molecule has 0 aromatic carbocycles. The van der Waals surface area contributed by atoms with Crippen LogP contribution in [-0.4, -0.2) is 54.9 Å². The maximum absolute atomic E-state index is 17.2. The number of Topliss-reactive ketones (excluding diaryl/α,β-unsaturated/α-hetero) is 1. The van der Waals surface area contributed by atoms with Crippen LogP contribution in [0.25, 0.3) is 6.08 Å². The summed E-state index contributed by atoms with van der Waals surface area (Å²) in [5.74, 6) is -2.14. The molecule has 0 bridgehead atoms. The van der Waals surface area contributed by atoms with E-state index in [-0.39, 0.29) is 18.3 Å². The van der Waals surface area contributed by atoms with Crippen LogP contribution in [0.15, 0.2) is 11.8 Å². The molecule has 1 unspecified atom stereocenters. The fourth-order valence-corrected chi connectivity index (χ4v) is 7.69. The maximum Gasteiger partial charge on any atom is 0.190 e. The summed E-state index contributed by atoms with van der Waals surface area (Å²) in [6.45, 7) is 2.99. The van der Waals surface area contributed by atoms with Crippen molar-refractivity contribution in [2.75, 3.05) is 6.61 Å². The summed E-state index contributed by atoms with van der Waals surface area (Å²) < 4.78 is 18.9. The number of aliphatic hydroxyl groups is 3. The molecule has 1 aromatic heterocycles. The van der Waals surface area contributed by atoms with Crippen LogP contribution >= 0.6 is 0 Å². The van der Waals surface area contributed by atoms with Crippen molar-refractivity contribution in [2.24, 2.45) is 36.1 Å². The maximum atomic E-state index is 17.2. The highest BCUT2D eigenvalue weighted by atomic mass is 19.1. The molecular weight excluding hydrogens is 387 g/mol. The second-order valence-electron chi connectivity index (χ2n) is 10.4. The molecule has 0 saturated heterocycles. The van der Waals surface area contributed by atoms with Crippen molar-refractivity contribution >= 4 is 11.9 Å². The Kier molecular flexibility index (Phi) is 4.23. The van der Waals surface area contributed by atoms with Gasteiger partial charge in [-0.2, -0.15) is 5.10 Å². The Balaban J connectivity index is 1.58. The predicted molar refractivity (Wildman–Crippen MR) is 108 cm³/mol. The molecule has 1 heterocycles. The first-order valence-electron chi connectivity index (χ1n) is 11.0. The first kappa shape index (κ1) is 20.3. The molecule has 4 aliphatic rings. The Morgan fingerprint density at radius 1 is 1.37 bits per heavy atom. The highest BCUT2D eigenvalue weighted by molar-refractivity contribution is 5.89. The number of allylic oxidation sites excluding steroid dienone is 1. The Morgan fingerprint density at radius 3 is 2.80 bits per heavy atom. The summed E-state index contributed by atoms with van der Waals surface area (Å²) in [5.41, 5.74) is -1.50. The van der Waals surface area contributed by atoms with Gasteiger partial charge in [-0.15, -0.1) is 0 Å². The lowest BCUT2D eigenvalue weighted by Crippen LogP contribution is -2.67. The van der Waals surface area contributed by atoms with Gasteiger partial charge in [0, 0.05) is 24.6 Å². The zero-order valence-corrected chi connectivity index (χ0v) is 17.8. The standard InChI is InChI=1S/C23H31FN2O4/c1-12-6-15-16-5-4-14-7-18-13(10-26(3)25-18)9-21(14,2)23(16,24)19(28)8-17(15)22(12,30)20(29)11-27/h7,10,12,15-17,19,27-28,30H,4-6,8-9,11H2,1-3H3/t12-,15+,16+,17?,19+,21+,22-,23+/m1/s1. The highest BCUT2D eigenvalue weighted by Crippen LogP contribution is 2.67. The van der Waals surface area contributed by atoms with Gasteiger partial charge >= 0.3 is 0 Å². The van der Waals surface area contributed by atoms with Gasteiger partial charge in [0.1, 0.15) is 17.9 Å². The average Bonchev–Trinajstić information content (AvgIpc) is 3.17. The van der Waals surface area contributed by atoms with Gasteiger partial charge in [-0.05, 0) is 61.5 Å². The number of halogens is 1. The van der Waals surface area contributed by atoms with Crippen molar-refractivity contribution < 1.29 is 24.5 Å². The molecule has 3 N–H and O–H groups in total. The van der Waals surface area contributed by atoms with Crippen LogP contribution in [0.4, 0.5) is 4.39 Å². The first-order chi connectivity index (χ1) is 14.1. The van der Waals surface area contributed by atoms with E-state index in [1.54, 1.807) is 11.6 Å². The van der Waals surface area contributed by atoms with E-state index in [9.17, 15) is 20.1 Å². The molecule has 0 spiro atoms. The van der Waals surface area contributed by atoms with E-state index in [2.05, 4.69) is 5.10 Å². The topological polar surface area (TPSA) is 95.6 Å². The molecule has 3 saturated carbocycles. The number of aryl methyl sites for hydroxylation is 1. The molecule has 4 aliphatic carbocycles. The van der Waals surface area contributed by atoms with E-state index in [4.69, 9.17) is 0 Å². The number of fused-ring (bicyclic) bond motifs is 6. The van der Waals surface area contributed by atoms with Gasteiger partial charge < -0.3 is 15.3 Å². The van der Waals surface area contributed by atoms with Gasteiger partial charge in [0.25, 0.3) is 0 Å². The van der Waals surface area contributed by atoms with Crippen molar-refractivity contribution in [3.63, 3.8) is 0 Å². The van der Waals surface area contributed by atoms with Crippen LogP contribution in [0.1, 0.15) is 50.8 Å². The van der Waals surface area contributed by atoms with E-state index < -0.39 is 47.0 Å². The number of rotatable bonds is 2. The second kappa shape index (κ2) is 6.24. The predicted octanol–water partition coefficient (Wildman–Crippen LogP) is 1.81. The molecule has 7 heteroatoms. The van der Waals surface area contributed by atoms with Gasteiger partial charge in [0.2, 0.25) is 0 Å². The smallest absolute Gasteiger partial charge is 0.190 e. The highest BCUT2D eigenvalue weighted by Gasteiger charge is 2.71. The van der Waals surface area contributed by atoms with Crippen LogP contribution in [0.3, 0.4) is 0 Å². The molecule has 5 rings (SSSR count). The number of carbonyl (C=O) groups excluding carboxylic acids is 1. The van der Waals surface area contributed by atoms with E-state index in [1.807, 2.05) is 26.2 Å². The largest absolute Gasteiger partial charge is 0.390 e. The van der Waals surface area contributed by atoms with E-state index in [1.165, 1.54) is 0 Å². The lowest BCUT2D eigenvalue weighted by Gasteiger charge is -2.60. The third-order valence-electron chi connectivity index (χ3n) is 9.14. The molecule has 3 fully saturated rings. The fourth-order valence-electron chi connectivity index (χ4n) is 7.69. The average molecular weight is 419 g/mol. The monoisotopic (exact) mass is 418 g/mol. The number of alkyl halides is 1. The molecule has 0 aliphatic heterocycles. The summed E-state index contributed by atoms with van der Waals surface area (Å²) in [7, 11) is 1.86. The molecule has 0 amide bonds. The summed E-state index contributed by atoms with van der Waals surface area (Å²) in [6, 6.07) is 0. The lowest BCUT2D eigenvalue weighted by atomic mass is 9.46. The summed E-state index contributed by atoms with van der Waals surface area (Å²) >= 11 is 0. The van der Waals surface area contributed by atoms with Crippen molar-refractivity contribution in [1.82, 2.24) is 9.78 Å². The van der Waals surface area contributed by atoms with Gasteiger partial charge in [0.15, 0.2) is 5.78 Å². The molecule has 1 aromatic rings. The number of hydrogen-bond acceptors (Lipinski definition) is 5. The van der Waals surface area contributed by atoms with E-state index >= 15 is 4.39 Å². The van der Waals surface area contributed by atoms with Crippen molar-refractivity contribution in [1.29, 1.82) is 0 Å². The number of ketones is 1. The minimum atomic E-state index is -1.83. The van der Waals surface area contributed by atoms with Gasteiger partial charge in [-0.1, -0.05) is 19.4 Å². The molecular formula is C23H31FN2O4. The molecule has 30 heavy (non-hydrogen) atoms. The third kappa shape index (κ3) is 2.24. The minimum Gasteiger partial charge on any atom is -0.390 e. The number of aliphatic hydroxyl groups excluding tert-OH is 2. The Bertz CT molecular complexity index is 944. The van der Waals surface area contributed by atoms with Gasteiger partial charge in [0.05, 0.1) is 11.8 Å². The van der Waals surface area contributed by atoms with Crippen LogP contribution in [0.5, 0.6) is 0 Å². The summed E-state index contributed by atoms with van der Waals surface area (Å²) in [5, 5.41) is 36.5. The van der Waals surface area contributed by atoms with Crippen LogP contribution in [0, 0.1) is 29.1 Å². The summed E-state index contributed by atoms with van der Waals surface area (Å²) in [6.07, 6.45) is 5.00. The van der Waals surface area contributed by atoms with Crippen molar-refractivity contribution in [3.8, 4) is 0 Å². The third-order valence-corrected chi connectivity index (χ3v) is 9.14. The Labute approximate surface area is 175 Å². The fraction of sp³-hybridized carbons (Fsp3) is 0.739. The Hall–Kier alpha value is -1.57. The zero-order chi connectivity index (χ0) is 21.6. The van der Waals surface area contributed by atoms with Crippen LogP contribution < -0.4 is 0 Å².